The minimum Gasteiger partial charge on any atom is -0.496 e. The molecule has 2 aromatic rings. The summed E-state index contributed by atoms with van der Waals surface area (Å²) in [5, 5.41) is 5.95. The zero-order valence-electron chi connectivity index (χ0n) is 8.85. The van der Waals surface area contributed by atoms with Gasteiger partial charge in [-0.25, -0.2) is 13.6 Å². The number of hydrogen-bond acceptors (Lipinski definition) is 4. The quantitative estimate of drug-likeness (QED) is 0.892. The SMILES string of the molecule is COc1cc2sc(S(N)(=O)=O)cc2cc1C. The predicted octanol–water partition coefficient (Wildman–Crippen LogP) is 1.87. The third-order valence-corrected chi connectivity index (χ3v) is 4.81. The highest BCUT2D eigenvalue weighted by Gasteiger charge is 2.13. The standard InChI is InChI=1S/C10H11NO3S2/c1-6-3-7-4-10(16(11,12)13)15-9(7)5-8(6)14-2/h3-5H,1-2H3,(H2,11,12,13). The second-order valence-corrected chi connectivity index (χ2v) is 6.34. The summed E-state index contributed by atoms with van der Waals surface area (Å²) in [5.74, 6) is 0.746. The molecule has 86 valence electrons. The van der Waals surface area contributed by atoms with Gasteiger partial charge in [-0.05, 0) is 36.1 Å². The lowest BCUT2D eigenvalue weighted by molar-refractivity contribution is 0.412. The summed E-state index contributed by atoms with van der Waals surface area (Å²) in [6.07, 6.45) is 0. The van der Waals surface area contributed by atoms with Crippen molar-refractivity contribution in [2.45, 2.75) is 11.1 Å². The predicted molar refractivity (Wildman–Crippen MR) is 64.5 cm³/mol. The summed E-state index contributed by atoms with van der Waals surface area (Å²) in [5.41, 5.74) is 0.966. The number of sulfonamides is 1. The zero-order chi connectivity index (χ0) is 11.9. The van der Waals surface area contributed by atoms with E-state index in [4.69, 9.17) is 9.88 Å². The van der Waals surface area contributed by atoms with Crippen LogP contribution in [0, 0.1) is 6.92 Å². The molecule has 0 unspecified atom stereocenters. The fraction of sp³-hybridized carbons (Fsp3) is 0.200. The summed E-state index contributed by atoms with van der Waals surface area (Å²) in [6.45, 7) is 1.91. The Morgan fingerprint density at radius 2 is 2.00 bits per heavy atom. The van der Waals surface area contributed by atoms with Crippen LogP contribution in [-0.2, 0) is 10.0 Å². The molecule has 4 nitrogen and oxygen atoms in total. The van der Waals surface area contributed by atoms with E-state index in [1.807, 2.05) is 19.1 Å². The van der Waals surface area contributed by atoms with Crippen LogP contribution in [0.2, 0.25) is 0 Å². The summed E-state index contributed by atoms with van der Waals surface area (Å²) in [7, 11) is -2.03. The highest BCUT2D eigenvalue weighted by atomic mass is 32.2. The normalized spacial score (nSPS) is 11.9. The van der Waals surface area contributed by atoms with Crippen molar-refractivity contribution in [2.24, 2.45) is 5.14 Å². The molecule has 1 aromatic carbocycles. The maximum absolute atomic E-state index is 11.2. The van der Waals surface area contributed by atoms with E-state index in [-0.39, 0.29) is 4.21 Å². The molecule has 0 aliphatic carbocycles. The van der Waals surface area contributed by atoms with Crippen molar-refractivity contribution in [1.29, 1.82) is 0 Å². The lowest BCUT2D eigenvalue weighted by Crippen LogP contribution is -2.09. The molecule has 0 aliphatic heterocycles. The molecule has 0 saturated carbocycles. The van der Waals surface area contributed by atoms with E-state index in [0.29, 0.717) is 0 Å². The average molecular weight is 257 g/mol. The molecule has 0 radical (unpaired) electrons. The molecular formula is C10H11NO3S2. The van der Waals surface area contributed by atoms with Crippen LogP contribution in [0.3, 0.4) is 0 Å². The number of methoxy groups -OCH3 is 1. The Labute approximate surface area is 97.7 Å². The van der Waals surface area contributed by atoms with Gasteiger partial charge in [0.25, 0.3) is 0 Å². The van der Waals surface area contributed by atoms with Gasteiger partial charge in [0, 0.05) is 4.70 Å². The van der Waals surface area contributed by atoms with Gasteiger partial charge >= 0.3 is 0 Å². The van der Waals surface area contributed by atoms with Crippen molar-refractivity contribution < 1.29 is 13.2 Å². The van der Waals surface area contributed by atoms with E-state index < -0.39 is 10.0 Å². The van der Waals surface area contributed by atoms with Gasteiger partial charge in [0.2, 0.25) is 10.0 Å². The first-order valence-corrected chi connectivity index (χ1v) is 6.89. The number of ether oxygens (including phenoxy) is 1. The third kappa shape index (κ3) is 1.91. The van der Waals surface area contributed by atoms with E-state index >= 15 is 0 Å². The summed E-state index contributed by atoms with van der Waals surface area (Å²) >= 11 is 1.15. The highest BCUT2D eigenvalue weighted by Crippen LogP contribution is 2.33. The van der Waals surface area contributed by atoms with Crippen LogP contribution in [0.25, 0.3) is 10.1 Å². The molecule has 2 N–H and O–H groups in total. The van der Waals surface area contributed by atoms with Gasteiger partial charge in [0.1, 0.15) is 9.96 Å². The van der Waals surface area contributed by atoms with Gasteiger partial charge in [-0.3, -0.25) is 0 Å². The lowest BCUT2D eigenvalue weighted by atomic mass is 10.2. The fourth-order valence-corrected chi connectivity index (χ4v) is 3.35. The number of nitrogens with two attached hydrogens (primary N) is 1. The van der Waals surface area contributed by atoms with Crippen LogP contribution in [0.1, 0.15) is 5.56 Å². The first kappa shape index (κ1) is 11.4. The molecular weight excluding hydrogens is 246 g/mol. The number of fused-ring (bicyclic) bond motifs is 1. The minimum absolute atomic E-state index is 0.176. The summed E-state index contributed by atoms with van der Waals surface area (Å²) < 4.78 is 28.6. The van der Waals surface area contributed by atoms with E-state index in [1.54, 1.807) is 13.2 Å². The summed E-state index contributed by atoms with van der Waals surface area (Å²) in [4.78, 5) is 0. The smallest absolute Gasteiger partial charge is 0.247 e. The van der Waals surface area contributed by atoms with E-state index in [9.17, 15) is 8.42 Å². The third-order valence-electron chi connectivity index (χ3n) is 2.29. The van der Waals surface area contributed by atoms with Gasteiger partial charge in [0.15, 0.2) is 0 Å². The molecule has 0 aliphatic rings. The van der Waals surface area contributed by atoms with Gasteiger partial charge in [-0.2, -0.15) is 0 Å². The molecule has 16 heavy (non-hydrogen) atoms. The van der Waals surface area contributed by atoms with Crippen LogP contribution in [-0.4, -0.2) is 15.5 Å². The zero-order valence-corrected chi connectivity index (χ0v) is 10.5. The van der Waals surface area contributed by atoms with E-state index in [0.717, 1.165) is 32.7 Å². The Kier molecular flexibility index (Phi) is 2.65. The van der Waals surface area contributed by atoms with Crippen LogP contribution in [0.15, 0.2) is 22.4 Å². The number of aryl methyl sites for hydroxylation is 1. The molecule has 0 saturated heterocycles. The molecule has 0 amide bonds. The minimum atomic E-state index is -3.62. The van der Waals surface area contributed by atoms with Crippen molar-refractivity contribution in [3.8, 4) is 5.75 Å². The van der Waals surface area contributed by atoms with Crippen molar-refractivity contribution >= 4 is 31.4 Å². The molecule has 0 atom stereocenters. The molecule has 1 heterocycles. The monoisotopic (exact) mass is 257 g/mol. The Bertz CT molecular complexity index is 643. The lowest BCUT2D eigenvalue weighted by Gasteiger charge is -2.03. The van der Waals surface area contributed by atoms with Crippen LogP contribution >= 0.6 is 11.3 Å². The second kappa shape index (κ2) is 3.73. The maximum atomic E-state index is 11.2. The summed E-state index contributed by atoms with van der Waals surface area (Å²) in [6, 6.07) is 5.30. The highest BCUT2D eigenvalue weighted by molar-refractivity contribution is 7.91. The maximum Gasteiger partial charge on any atom is 0.247 e. The van der Waals surface area contributed by atoms with Gasteiger partial charge < -0.3 is 4.74 Å². The van der Waals surface area contributed by atoms with Crippen LogP contribution in [0.4, 0.5) is 0 Å². The van der Waals surface area contributed by atoms with Gasteiger partial charge in [-0.1, -0.05) is 0 Å². The first-order valence-electron chi connectivity index (χ1n) is 4.53. The Hall–Kier alpha value is -1.11. The topological polar surface area (TPSA) is 69.4 Å². The van der Waals surface area contributed by atoms with Crippen LogP contribution in [0.5, 0.6) is 5.75 Å². The number of rotatable bonds is 2. The second-order valence-electron chi connectivity index (χ2n) is 3.47. The Balaban J connectivity index is 2.72. The van der Waals surface area contributed by atoms with Crippen molar-refractivity contribution in [3.63, 3.8) is 0 Å². The molecule has 1 aromatic heterocycles. The van der Waals surface area contributed by atoms with Gasteiger partial charge in [0.05, 0.1) is 7.11 Å². The van der Waals surface area contributed by atoms with Crippen molar-refractivity contribution in [2.75, 3.05) is 7.11 Å². The molecule has 0 fully saturated rings. The Morgan fingerprint density at radius 1 is 1.31 bits per heavy atom. The fourth-order valence-electron chi connectivity index (χ4n) is 1.52. The van der Waals surface area contributed by atoms with E-state index in [2.05, 4.69) is 0 Å². The molecule has 0 bridgehead atoms. The number of thiophene rings is 1. The van der Waals surface area contributed by atoms with Crippen LogP contribution < -0.4 is 9.88 Å². The first-order chi connectivity index (χ1) is 7.41. The van der Waals surface area contributed by atoms with Crippen molar-refractivity contribution in [1.82, 2.24) is 0 Å². The number of hydrogen-bond donors (Lipinski definition) is 1. The van der Waals surface area contributed by atoms with E-state index in [1.165, 1.54) is 0 Å². The molecule has 6 heteroatoms. The molecule has 0 spiro atoms. The number of primary sulfonamides is 1. The molecule has 2 rings (SSSR count). The number of benzene rings is 1. The van der Waals surface area contributed by atoms with Gasteiger partial charge in [-0.15, -0.1) is 11.3 Å². The average Bonchev–Trinajstić information content (AvgIpc) is 2.58. The Morgan fingerprint density at radius 3 is 2.56 bits per heavy atom. The van der Waals surface area contributed by atoms with Crippen molar-refractivity contribution in [3.05, 3.63) is 23.8 Å². The largest absolute Gasteiger partial charge is 0.496 e.